The van der Waals surface area contributed by atoms with Gasteiger partial charge in [-0.15, -0.1) is 35.4 Å². The fraction of sp³-hybridized carbons (Fsp3) is 0.312. The Hall–Kier alpha value is -2.43. The summed E-state index contributed by atoms with van der Waals surface area (Å²) in [6.07, 6.45) is 3.30. The summed E-state index contributed by atoms with van der Waals surface area (Å²) >= 11 is 0. The average molecular weight is 544 g/mol. The van der Waals surface area contributed by atoms with Crippen LogP contribution in [0, 0.1) is 47.2 Å². The third-order valence-corrected chi connectivity index (χ3v) is 5.53. The van der Waals surface area contributed by atoms with Crippen molar-refractivity contribution in [2.45, 2.75) is 53.4 Å². The van der Waals surface area contributed by atoms with Crippen LogP contribution in [-0.4, -0.2) is 0 Å². The Bertz CT molecular complexity index is 923. The van der Waals surface area contributed by atoms with E-state index in [-0.39, 0.29) is 21.7 Å². The van der Waals surface area contributed by atoms with Gasteiger partial charge in [0.05, 0.1) is 0 Å². The molecule has 0 fully saturated rings. The molecule has 4 rings (SSSR count). The first-order valence-corrected chi connectivity index (χ1v) is 12.3. The summed E-state index contributed by atoms with van der Waals surface area (Å²) in [7, 11) is 0. The zero-order valence-corrected chi connectivity index (χ0v) is 23.6. The molecule has 0 bridgehead atoms. The Labute approximate surface area is 235 Å². The summed E-state index contributed by atoms with van der Waals surface area (Å²) in [5.74, 6) is -1.53. The number of hydrogen-bond acceptors (Lipinski definition) is 0. The van der Waals surface area contributed by atoms with Crippen molar-refractivity contribution in [3.05, 3.63) is 131 Å². The van der Waals surface area contributed by atoms with Gasteiger partial charge in [-0.2, -0.15) is 48.5 Å². The number of hydrogen-bond donors (Lipinski definition) is 0. The van der Waals surface area contributed by atoms with E-state index in [4.69, 9.17) is 0 Å². The SMILES string of the molecule is CCC(C)Cc1ccc(F)[c-]c1F.CCC(C)Cc1ccc(F)[c-]c1F.[Ti+4].c1cc[cH-]c1.c1cc[cH-]c1. The average Bonchev–Trinajstić information content (AvgIpc) is 3.62. The second kappa shape index (κ2) is 20.6. The van der Waals surface area contributed by atoms with Gasteiger partial charge >= 0.3 is 21.7 Å². The van der Waals surface area contributed by atoms with Gasteiger partial charge < -0.3 is 0 Å². The van der Waals surface area contributed by atoms with Gasteiger partial charge in [0.1, 0.15) is 0 Å². The second-order valence-corrected chi connectivity index (χ2v) is 8.65. The van der Waals surface area contributed by atoms with Crippen molar-refractivity contribution in [1.29, 1.82) is 0 Å². The molecule has 0 saturated carbocycles. The van der Waals surface area contributed by atoms with Crippen molar-refractivity contribution < 1.29 is 39.3 Å². The molecule has 0 saturated heterocycles. The summed E-state index contributed by atoms with van der Waals surface area (Å²) in [5, 5.41) is 0. The van der Waals surface area contributed by atoms with E-state index in [1.165, 1.54) is 24.3 Å². The van der Waals surface area contributed by atoms with E-state index in [1.54, 1.807) is 0 Å². The number of halogens is 4. The van der Waals surface area contributed by atoms with Gasteiger partial charge in [-0.3, -0.25) is 0 Å². The van der Waals surface area contributed by atoms with Crippen LogP contribution >= 0.6 is 0 Å². The predicted molar refractivity (Wildman–Crippen MR) is 141 cm³/mol. The standard InChI is InChI=1S/2C11H13F2.2C5H5.Ti/c2*1-3-8(2)6-9-4-5-10(12)7-11(9)13;2*1-2-4-5-3-1;/h2*4-5,8H,3,6H2,1-2H3;2*1-5H;/q4*-1;+4. The summed E-state index contributed by atoms with van der Waals surface area (Å²) in [4.78, 5) is 0. The van der Waals surface area contributed by atoms with Gasteiger partial charge in [-0.25, -0.2) is 41.8 Å². The van der Waals surface area contributed by atoms with Gasteiger partial charge in [0.25, 0.3) is 0 Å². The van der Waals surface area contributed by atoms with Crippen LogP contribution in [0.3, 0.4) is 0 Å². The van der Waals surface area contributed by atoms with E-state index >= 15 is 0 Å². The zero-order chi connectivity index (χ0) is 26.8. The monoisotopic (exact) mass is 544 g/mol. The summed E-state index contributed by atoms with van der Waals surface area (Å²) in [6.45, 7) is 8.19. The van der Waals surface area contributed by atoms with Crippen LogP contribution in [0.5, 0.6) is 0 Å². The van der Waals surface area contributed by atoms with Crippen LogP contribution in [0.25, 0.3) is 0 Å². The molecule has 0 aliphatic heterocycles. The molecular weight excluding hydrogens is 508 g/mol. The zero-order valence-electron chi connectivity index (χ0n) is 22.1. The Morgan fingerprint density at radius 2 is 0.946 bits per heavy atom. The van der Waals surface area contributed by atoms with Crippen LogP contribution < -0.4 is 0 Å². The van der Waals surface area contributed by atoms with Gasteiger partial charge in [-0.1, -0.05) is 65.2 Å². The predicted octanol–water partition coefficient (Wildman–Crippen LogP) is 9.52. The van der Waals surface area contributed by atoms with E-state index in [9.17, 15) is 17.6 Å². The molecule has 0 aliphatic rings. The molecule has 0 amide bonds. The van der Waals surface area contributed by atoms with E-state index in [2.05, 4.69) is 13.8 Å². The normalized spacial score (nSPS) is 11.2. The maximum atomic E-state index is 13.1. The van der Waals surface area contributed by atoms with Crippen LogP contribution in [0.15, 0.2) is 84.9 Å². The van der Waals surface area contributed by atoms with Gasteiger partial charge in [0, 0.05) is 23.3 Å². The minimum atomic E-state index is -0.634. The molecule has 37 heavy (non-hydrogen) atoms. The van der Waals surface area contributed by atoms with Crippen LogP contribution in [0.2, 0.25) is 0 Å². The molecule has 0 N–H and O–H groups in total. The topological polar surface area (TPSA) is 0 Å². The maximum Gasteiger partial charge on any atom is 4.00 e. The molecular formula is C32H36F4Ti. The van der Waals surface area contributed by atoms with Crippen LogP contribution in [-0.2, 0) is 34.6 Å². The largest absolute Gasteiger partial charge is 4.00 e. The molecule has 0 nitrogen and oxygen atoms in total. The number of benzene rings is 2. The van der Waals surface area contributed by atoms with Crippen molar-refractivity contribution in [1.82, 2.24) is 0 Å². The van der Waals surface area contributed by atoms with Crippen LogP contribution in [0.4, 0.5) is 17.6 Å². The van der Waals surface area contributed by atoms with E-state index in [1.807, 2.05) is 86.6 Å². The van der Waals surface area contributed by atoms with Gasteiger partial charge in [-0.05, 0) is 0 Å². The smallest absolute Gasteiger partial charge is 0.236 e. The Kier molecular flexibility index (Phi) is 19.3. The molecule has 4 aromatic carbocycles. The first kappa shape index (κ1) is 34.6. The number of rotatable bonds is 6. The molecule has 5 heteroatoms. The summed E-state index contributed by atoms with van der Waals surface area (Å²) in [6, 6.07) is 29.6. The molecule has 2 atom stereocenters. The van der Waals surface area contributed by atoms with Gasteiger partial charge in [0.15, 0.2) is 0 Å². The first-order valence-electron chi connectivity index (χ1n) is 12.3. The van der Waals surface area contributed by atoms with Crippen molar-refractivity contribution in [3.8, 4) is 0 Å². The van der Waals surface area contributed by atoms with Crippen molar-refractivity contribution in [2.24, 2.45) is 11.8 Å². The minimum Gasteiger partial charge on any atom is -0.236 e. The molecule has 0 aliphatic carbocycles. The summed E-state index contributed by atoms with van der Waals surface area (Å²) < 4.78 is 51.0. The fourth-order valence-electron chi connectivity index (χ4n) is 2.94. The first-order chi connectivity index (χ1) is 17.3. The molecule has 0 spiro atoms. The quantitative estimate of drug-likeness (QED) is 0.129. The Morgan fingerprint density at radius 3 is 1.16 bits per heavy atom. The van der Waals surface area contributed by atoms with Gasteiger partial charge in [0.2, 0.25) is 0 Å². The molecule has 0 heterocycles. The van der Waals surface area contributed by atoms with E-state index in [0.29, 0.717) is 35.8 Å². The Balaban J connectivity index is 0.000000502. The molecule has 0 radical (unpaired) electrons. The van der Waals surface area contributed by atoms with E-state index in [0.717, 1.165) is 12.8 Å². The van der Waals surface area contributed by atoms with Crippen molar-refractivity contribution in [2.75, 3.05) is 0 Å². The van der Waals surface area contributed by atoms with E-state index < -0.39 is 23.3 Å². The fourth-order valence-corrected chi connectivity index (χ4v) is 2.94. The van der Waals surface area contributed by atoms with Crippen molar-refractivity contribution in [3.63, 3.8) is 0 Å². The summed E-state index contributed by atoms with van der Waals surface area (Å²) in [5.41, 5.74) is 1.10. The molecule has 196 valence electrons. The second-order valence-electron chi connectivity index (χ2n) is 8.65. The minimum absolute atomic E-state index is 0. The Morgan fingerprint density at radius 1 is 0.622 bits per heavy atom. The molecule has 4 aromatic rings. The molecule has 0 aromatic heterocycles. The maximum absolute atomic E-state index is 13.1. The third kappa shape index (κ3) is 16.1. The van der Waals surface area contributed by atoms with Crippen molar-refractivity contribution >= 4 is 0 Å². The third-order valence-electron chi connectivity index (χ3n) is 5.53. The molecule has 2 unspecified atom stereocenters. The van der Waals surface area contributed by atoms with Crippen LogP contribution in [0.1, 0.15) is 51.7 Å².